The van der Waals surface area contributed by atoms with Crippen LogP contribution >= 0.6 is 11.6 Å². The molecule has 0 N–H and O–H groups in total. The van der Waals surface area contributed by atoms with Gasteiger partial charge in [0.05, 0.1) is 33.5 Å². The maximum atomic E-state index is 13.4. The molecule has 1 saturated carbocycles. The van der Waals surface area contributed by atoms with Gasteiger partial charge >= 0.3 is 0 Å². The standard InChI is InChI=1S/C25H29ClN2O4S/c1-25(2,3)15-6-9-18-21(12-15)28(13-16(29)14-33(31,32)17-7-8-17)22-19(24(18)30)10-11-20(26)23(22)27(4)5/h6,9-12,17H,7-8,13-14H2,1-5H3. The highest BCUT2D eigenvalue weighted by Gasteiger charge is 2.37. The Kier molecular flexibility index (Phi) is 5.86. The van der Waals surface area contributed by atoms with Gasteiger partial charge in [-0.2, -0.15) is 0 Å². The second-order valence-electron chi connectivity index (χ2n) is 10.1. The van der Waals surface area contributed by atoms with Gasteiger partial charge in [-0.3, -0.25) is 9.59 Å². The lowest BCUT2D eigenvalue weighted by molar-refractivity contribution is -0.117. The van der Waals surface area contributed by atoms with Crippen molar-refractivity contribution in [3.05, 3.63) is 51.1 Å². The van der Waals surface area contributed by atoms with Gasteiger partial charge in [-0.15, -0.1) is 0 Å². The molecule has 33 heavy (non-hydrogen) atoms. The first-order valence-corrected chi connectivity index (χ1v) is 13.1. The Morgan fingerprint density at radius 1 is 1.12 bits per heavy atom. The quantitative estimate of drug-likeness (QED) is 0.483. The molecule has 0 bridgehead atoms. The molecule has 8 heteroatoms. The normalized spacial score (nSPS) is 14.7. The molecule has 0 spiro atoms. The largest absolute Gasteiger partial charge is 0.375 e. The highest BCUT2D eigenvalue weighted by atomic mass is 35.5. The number of hydrogen-bond donors (Lipinski definition) is 0. The van der Waals surface area contributed by atoms with Crippen molar-refractivity contribution in [3.8, 4) is 0 Å². The number of pyridine rings is 1. The fourth-order valence-electron chi connectivity index (χ4n) is 4.27. The van der Waals surface area contributed by atoms with Crippen LogP contribution < -0.4 is 10.3 Å². The summed E-state index contributed by atoms with van der Waals surface area (Å²) in [4.78, 5) is 28.3. The summed E-state index contributed by atoms with van der Waals surface area (Å²) >= 11 is 6.53. The molecule has 0 amide bonds. The van der Waals surface area contributed by atoms with Gasteiger partial charge in [-0.25, -0.2) is 8.42 Å². The molecule has 1 fully saturated rings. The van der Waals surface area contributed by atoms with Gasteiger partial charge in [-0.05, 0) is 48.1 Å². The smallest absolute Gasteiger partial charge is 0.197 e. The van der Waals surface area contributed by atoms with Crippen LogP contribution in [-0.2, 0) is 26.6 Å². The van der Waals surface area contributed by atoms with E-state index >= 15 is 0 Å². The SMILES string of the molecule is CN(C)c1c(Cl)ccc2c(=O)c3ccc(C(C)(C)C)cc3n(CC(=O)CS(=O)(=O)C3CC3)c12. The van der Waals surface area contributed by atoms with Gasteiger partial charge in [-0.1, -0.05) is 38.4 Å². The zero-order valence-electron chi connectivity index (χ0n) is 19.6. The van der Waals surface area contributed by atoms with Crippen molar-refractivity contribution in [1.82, 2.24) is 4.57 Å². The number of nitrogens with zero attached hydrogens (tertiary/aromatic N) is 2. The Morgan fingerprint density at radius 3 is 2.33 bits per heavy atom. The number of carbonyl (C=O) groups excluding carboxylic acids is 1. The van der Waals surface area contributed by atoms with Gasteiger partial charge in [0, 0.05) is 24.9 Å². The van der Waals surface area contributed by atoms with Crippen LogP contribution in [0.2, 0.25) is 5.02 Å². The van der Waals surface area contributed by atoms with Gasteiger partial charge in [0.15, 0.2) is 21.0 Å². The fraction of sp³-hybridized carbons (Fsp3) is 0.440. The van der Waals surface area contributed by atoms with Gasteiger partial charge < -0.3 is 9.47 Å². The van der Waals surface area contributed by atoms with Crippen LogP contribution in [0.4, 0.5) is 5.69 Å². The molecule has 6 nitrogen and oxygen atoms in total. The number of carbonyl (C=O) groups is 1. The van der Waals surface area contributed by atoms with E-state index in [2.05, 4.69) is 20.8 Å². The third-order valence-corrected chi connectivity index (χ3v) is 8.71. The minimum Gasteiger partial charge on any atom is -0.375 e. The first-order chi connectivity index (χ1) is 15.3. The number of halogens is 1. The van der Waals surface area contributed by atoms with E-state index < -0.39 is 26.6 Å². The number of rotatable bonds is 6. The minimum absolute atomic E-state index is 0.144. The lowest BCUT2D eigenvalue weighted by Gasteiger charge is -2.24. The first-order valence-electron chi connectivity index (χ1n) is 11.0. The summed E-state index contributed by atoms with van der Waals surface area (Å²) in [6, 6.07) is 9.01. The Bertz CT molecular complexity index is 1450. The van der Waals surface area contributed by atoms with E-state index in [4.69, 9.17) is 11.6 Å². The van der Waals surface area contributed by atoms with Crippen LogP contribution in [0.1, 0.15) is 39.2 Å². The fourth-order valence-corrected chi connectivity index (χ4v) is 6.22. The average Bonchev–Trinajstić information content (AvgIpc) is 3.55. The van der Waals surface area contributed by atoms with E-state index in [-0.39, 0.29) is 17.4 Å². The molecule has 0 saturated heterocycles. The van der Waals surface area contributed by atoms with Crippen LogP contribution in [0.3, 0.4) is 0 Å². The maximum Gasteiger partial charge on any atom is 0.197 e. The van der Waals surface area contributed by atoms with Crippen molar-refractivity contribution >= 4 is 54.7 Å². The van der Waals surface area contributed by atoms with E-state index in [9.17, 15) is 18.0 Å². The highest BCUT2D eigenvalue weighted by Crippen LogP contribution is 2.35. The zero-order chi connectivity index (χ0) is 24.3. The van der Waals surface area contributed by atoms with Crippen LogP contribution in [0.5, 0.6) is 0 Å². The predicted molar refractivity (Wildman–Crippen MR) is 136 cm³/mol. The van der Waals surface area contributed by atoms with Crippen molar-refractivity contribution in [2.45, 2.75) is 50.8 Å². The Morgan fingerprint density at radius 2 is 1.76 bits per heavy atom. The Balaban J connectivity index is 2.03. The average molecular weight is 489 g/mol. The predicted octanol–water partition coefficient (Wildman–Crippen LogP) is 4.32. The molecule has 2 aromatic carbocycles. The third kappa shape index (κ3) is 4.41. The molecule has 0 unspecified atom stereocenters. The number of benzene rings is 2. The highest BCUT2D eigenvalue weighted by molar-refractivity contribution is 7.93. The number of anilines is 1. The summed E-state index contributed by atoms with van der Waals surface area (Å²) in [7, 11) is 0.200. The Hall–Kier alpha value is -2.38. The maximum absolute atomic E-state index is 13.4. The summed E-state index contributed by atoms with van der Waals surface area (Å²) < 4.78 is 26.7. The minimum atomic E-state index is -3.45. The topological polar surface area (TPSA) is 76.5 Å². The summed E-state index contributed by atoms with van der Waals surface area (Å²) in [5.41, 5.74) is 2.44. The van der Waals surface area contributed by atoms with E-state index in [1.54, 1.807) is 22.8 Å². The molecule has 0 radical (unpaired) electrons. The monoisotopic (exact) mass is 488 g/mol. The van der Waals surface area contributed by atoms with Crippen LogP contribution in [0.25, 0.3) is 21.8 Å². The molecule has 1 heterocycles. The summed E-state index contributed by atoms with van der Waals surface area (Å²) in [5, 5.41) is 0.977. The summed E-state index contributed by atoms with van der Waals surface area (Å²) in [5.74, 6) is -0.900. The van der Waals surface area contributed by atoms with Crippen molar-refractivity contribution < 1.29 is 13.2 Å². The van der Waals surface area contributed by atoms with Gasteiger partial charge in [0.2, 0.25) is 0 Å². The van der Waals surface area contributed by atoms with Crippen molar-refractivity contribution in [3.63, 3.8) is 0 Å². The number of Topliss-reactive ketones (excluding diaryl/α,β-unsaturated/α-hetero) is 1. The third-order valence-electron chi connectivity index (χ3n) is 6.19. The molecule has 176 valence electrons. The number of hydrogen-bond acceptors (Lipinski definition) is 5. The zero-order valence-corrected chi connectivity index (χ0v) is 21.2. The molecule has 0 aliphatic heterocycles. The second kappa shape index (κ2) is 8.13. The van der Waals surface area contributed by atoms with Crippen molar-refractivity contribution in [2.75, 3.05) is 24.7 Å². The molecule has 1 aliphatic rings. The lowest BCUT2D eigenvalue weighted by Crippen LogP contribution is -2.25. The van der Waals surface area contributed by atoms with Crippen LogP contribution in [0, 0.1) is 0 Å². The number of fused-ring (bicyclic) bond motifs is 2. The number of ketones is 1. The van der Waals surface area contributed by atoms with E-state index in [1.807, 2.05) is 31.1 Å². The molecular formula is C25H29ClN2O4S. The molecule has 0 atom stereocenters. The van der Waals surface area contributed by atoms with Gasteiger partial charge in [0.1, 0.15) is 5.75 Å². The Labute approximate surface area is 199 Å². The van der Waals surface area contributed by atoms with Crippen molar-refractivity contribution in [1.29, 1.82) is 0 Å². The van der Waals surface area contributed by atoms with E-state index in [0.29, 0.717) is 45.4 Å². The summed E-state index contributed by atoms with van der Waals surface area (Å²) in [6.07, 6.45) is 1.24. The first kappa shape index (κ1) is 23.8. The molecule has 1 aromatic heterocycles. The number of sulfone groups is 1. The molecule has 1 aliphatic carbocycles. The molecular weight excluding hydrogens is 460 g/mol. The van der Waals surface area contributed by atoms with E-state index in [1.165, 1.54) is 0 Å². The van der Waals surface area contributed by atoms with Crippen molar-refractivity contribution in [2.24, 2.45) is 0 Å². The molecule has 4 rings (SSSR count). The number of aromatic nitrogens is 1. The molecule has 3 aromatic rings. The van der Waals surface area contributed by atoms with E-state index in [0.717, 1.165) is 5.56 Å². The second-order valence-corrected chi connectivity index (χ2v) is 12.8. The van der Waals surface area contributed by atoms with Crippen LogP contribution in [0.15, 0.2) is 35.1 Å². The summed E-state index contributed by atoms with van der Waals surface area (Å²) in [6.45, 7) is 6.07. The lowest BCUT2D eigenvalue weighted by atomic mass is 9.86. The van der Waals surface area contributed by atoms with Crippen LogP contribution in [-0.4, -0.2) is 43.9 Å². The van der Waals surface area contributed by atoms with Gasteiger partial charge in [0.25, 0.3) is 0 Å².